The molecule has 2 aliphatic rings. The second-order valence-corrected chi connectivity index (χ2v) is 6.88. The van der Waals surface area contributed by atoms with Gasteiger partial charge in [0.15, 0.2) is 0 Å². The molecule has 26 heavy (non-hydrogen) atoms. The molecule has 7 heteroatoms. The normalized spacial score (nSPS) is 17.7. The van der Waals surface area contributed by atoms with Crippen molar-refractivity contribution in [1.82, 2.24) is 19.9 Å². The van der Waals surface area contributed by atoms with Gasteiger partial charge in [-0.3, -0.25) is 9.78 Å². The Morgan fingerprint density at radius 3 is 2.31 bits per heavy atom. The number of aromatic nitrogens is 3. The zero-order valence-electron chi connectivity index (χ0n) is 15.1. The minimum atomic E-state index is 0.0728. The second-order valence-electron chi connectivity index (χ2n) is 6.88. The Morgan fingerprint density at radius 2 is 1.62 bits per heavy atom. The van der Waals surface area contributed by atoms with Crippen molar-refractivity contribution in [3.8, 4) is 0 Å². The quantitative estimate of drug-likeness (QED) is 0.838. The molecule has 136 valence electrons. The summed E-state index contributed by atoms with van der Waals surface area (Å²) < 4.78 is 0. The molecular weight excluding hydrogens is 328 g/mol. The molecule has 0 unspecified atom stereocenters. The van der Waals surface area contributed by atoms with Crippen LogP contribution >= 0.6 is 0 Å². The standard InChI is InChI=1S/C19H24N6O/c1-15-14-17(22-19(21-15)25-8-2-3-9-25)23-10-12-24(13-11-23)18(26)16-4-6-20-7-5-16/h4-7,14H,2-3,8-13H2,1H3. The lowest BCUT2D eigenvalue weighted by molar-refractivity contribution is 0.0746. The van der Waals surface area contributed by atoms with E-state index < -0.39 is 0 Å². The highest BCUT2D eigenvalue weighted by Gasteiger charge is 2.24. The molecule has 0 radical (unpaired) electrons. The fourth-order valence-corrected chi connectivity index (χ4v) is 3.57. The molecule has 0 saturated carbocycles. The van der Waals surface area contributed by atoms with Crippen molar-refractivity contribution in [2.24, 2.45) is 0 Å². The number of rotatable bonds is 3. The summed E-state index contributed by atoms with van der Waals surface area (Å²) >= 11 is 0. The van der Waals surface area contributed by atoms with Gasteiger partial charge in [0.1, 0.15) is 5.82 Å². The summed E-state index contributed by atoms with van der Waals surface area (Å²) in [6.07, 6.45) is 5.74. The predicted octanol–water partition coefficient (Wildman–Crippen LogP) is 1.74. The van der Waals surface area contributed by atoms with Gasteiger partial charge in [0.25, 0.3) is 5.91 Å². The Balaban J connectivity index is 1.44. The third kappa shape index (κ3) is 3.47. The van der Waals surface area contributed by atoms with E-state index in [1.807, 2.05) is 17.9 Å². The molecule has 0 N–H and O–H groups in total. The number of aryl methyl sites for hydroxylation is 1. The molecule has 2 fully saturated rings. The van der Waals surface area contributed by atoms with Crippen LogP contribution in [0, 0.1) is 6.92 Å². The molecule has 0 spiro atoms. The van der Waals surface area contributed by atoms with Gasteiger partial charge in [-0.1, -0.05) is 0 Å². The molecule has 1 amide bonds. The number of piperazine rings is 1. The Labute approximate surface area is 153 Å². The number of pyridine rings is 1. The SMILES string of the molecule is Cc1cc(N2CCN(C(=O)c3ccncc3)CC2)nc(N2CCCC2)n1. The number of carbonyl (C=O) groups is 1. The van der Waals surface area contributed by atoms with Crippen molar-refractivity contribution in [3.05, 3.63) is 41.9 Å². The summed E-state index contributed by atoms with van der Waals surface area (Å²) in [6, 6.07) is 5.58. The average Bonchev–Trinajstić information content (AvgIpc) is 3.23. The third-order valence-corrected chi connectivity index (χ3v) is 5.04. The van der Waals surface area contributed by atoms with Gasteiger partial charge in [-0.05, 0) is 31.9 Å². The number of nitrogens with zero attached hydrogens (tertiary/aromatic N) is 6. The number of amides is 1. The van der Waals surface area contributed by atoms with Crippen LogP contribution < -0.4 is 9.80 Å². The fraction of sp³-hybridized carbons (Fsp3) is 0.474. The van der Waals surface area contributed by atoms with Gasteiger partial charge in [0.2, 0.25) is 5.95 Å². The topological polar surface area (TPSA) is 65.5 Å². The lowest BCUT2D eigenvalue weighted by atomic mass is 10.2. The first-order valence-electron chi connectivity index (χ1n) is 9.25. The van der Waals surface area contributed by atoms with Crippen LogP contribution in [0.1, 0.15) is 28.9 Å². The average molecular weight is 352 g/mol. The van der Waals surface area contributed by atoms with Crippen LogP contribution in [0.4, 0.5) is 11.8 Å². The highest BCUT2D eigenvalue weighted by molar-refractivity contribution is 5.94. The van der Waals surface area contributed by atoms with Crippen LogP contribution in [0.15, 0.2) is 30.6 Å². The molecule has 0 aliphatic carbocycles. The zero-order chi connectivity index (χ0) is 17.9. The van der Waals surface area contributed by atoms with Gasteiger partial charge >= 0.3 is 0 Å². The first-order chi connectivity index (χ1) is 12.7. The van der Waals surface area contributed by atoms with Crippen LogP contribution in [-0.4, -0.2) is 65.0 Å². The third-order valence-electron chi connectivity index (χ3n) is 5.04. The molecule has 0 aromatic carbocycles. The van der Waals surface area contributed by atoms with Crippen LogP contribution in [-0.2, 0) is 0 Å². The Hall–Kier alpha value is -2.70. The van der Waals surface area contributed by atoms with E-state index in [1.165, 1.54) is 12.8 Å². The molecule has 0 atom stereocenters. The first kappa shape index (κ1) is 16.8. The lowest BCUT2D eigenvalue weighted by Gasteiger charge is -2.35. The number of carbonyl (C=O) groups excluding carboxylic acids is 1. The van der Waals surface area contributed by atoms with E-state index >= 15 is 0 Å². The summed E-state index contributed by atoms with van der Waals surface area (Å²) in [5, 5.41) is 0. The Morgan fingerprint density at radius 1 is 0.923 bits per heavy atom. The van der Waals surface area contributed by atoms with Crippen LogP contribution in [0.5, 0.6) is 0 Å². The molecule has 2 aromatic rings. The molecule has 2 aliphatic heterocycles. The fourth-order valence-electron chi connectivity index (χ4n) is 3.57. The summed E-state index contributed by atoms with van der Waals surface area (Å²) in [4.78, 5) is 32.4. The maximum Gasteiger partial charge on any atom is 0.254 e. The Kier molecular flexibility index (Phi) is 4.69. The van der Waals surface area contributed by atoms with Crippen molar-refractivity contribution in [2.45, 2.75) is 19.8 Å². The molecule has 7 nitrogen and oxygen atoms in total. The number of hydrogen-bond acceptors (Lipinski definition) is 6. The van der Waals surface area contributed by atoms with E-state index in [-0.39, 0.29) is 5.91 Å². The molecular formula is C19H24N6O. The van der Waals surface area contributed by atoms with E-state index in [2.05, 4.69) is 19.8 Å². The lowest BCUT2D eigenvalue weighted by Crippen LogP contribution is -2.49. The summed E-state index contributed by atoms with van der Waals surface area (Å²) in [5.41, 5.74) is 1.69. The minimum Gasteiger partial charge on any atom is -0.353 e. The predicted molar refractivity (Wildman–Crippen MR) is 101 cm³/mol. The van der Waals surface area contributed by atoms with Gasteiger partial charge in [-0.15, -0.1) is 0 Å². The van der Waals surface area contributed by atoms with E-state index in [0.717, 1.165) is 43.6 Å². The Bertz CT molecular complexity index is 767. The highest BCUT2D eigenvalue weighted by atomic mass is 16.2. The van der Waals surface area contributed by atoms with E-state index in [0.29, 0.717) is 18.7 Å². The van der Waals surface area contributed by atoms with Gasteiger partial charge in [-0.2, -0.15) is 4.98 Å². The molecule has 2 aromatic heterocycles. The maximum atomic E-state index is 12.6. The zero-order valence-corrected chi connectivity index (χ0v) is 15.1. The van der Waals surface area contributed by atoms with Gasteiger partial charge in [0.05, 0.1) is 0 Å². The van der Waals surface area contributed by atoms with Crippen molar-refractivity contribution in [3.63, 3.8) is 0 Å². The van der Waals surface area contributed by atoms with Crippen LogP contribution in [0.2, 0.25) is 0 Å². The van der Waals surface area contributed by atoms with E-state index in [1.54, 1.807) is 24.5 Å². The summed E-state index contributed by atoms with van der Waals surface area (Å²) in [6.45, 7) is 7.06. The first-order valence-corrected chi connectivity index (χ1v) is 9.25. The molecule has 2 saturated heterocycles. The van der Waals surface area contributed by atoms with Crippen molar-refractivity contribution < 1.29 is 4.79 Å². The van der Waals surface area contributed by atoms with E-state index in [4.69, 9.17) is 4.98 Å². The largest absolute Gasteiger partial charge is 0.353 e. The highest BCUT2D eigenvalue weighted by Crippen LogP contribution is 2.22. The van der Waals surface area contributed by atoms with Crippen LogP contribution in [0.3, 0.4) is 0 Å². The monoisotopic (exact) mass is 352 g/mol. The summed E-state index contributed by atoms with van der Waals surface area (Å²) in [5.74, 6) is 1.88. The van der Waals surface area contributed by atoms with Crippen molar-refractivity contribution >= 4 is 17.7 Å². The number of hydrogen-bond donors (Lipinski definition) is 0. The van der Waals surface area contributed by atoms with Crippen molar-refractivity contribution in [1.29, 1.82) is 0 Å². The minimum absolute atomic E-state index is 0.0728. The van der Waals surface area contributed by atoms with Crippen molar-refractivity contribution in [2.75, 3.05) is 49.1 Å². The smallest absolute Gasteiger partial charge is 0.254 e. The molecule has 4 heterocycles. The second kappa shape index (κ2) is 7.27. The molecule has 0 bridgehead atoms. The van der Waals surface area contributed by atoms with Gasteiger partial charge in [-0.25, -0.2) is 4.98 Å². The van der Waals surface area contributed by atoms with Gasteiger partial charge < -0.3 is 14.7 Å². The maximum absolute atomic E-state index is 12.6. The number of anilines is 2. The van der Waals surface area contributed by atoms with Crippen LogP contribution in [0.25, 0.3) is 0 Å². The van der Waals surface area contributed by atoms with Gasteiger partial charge in [0, 0.05) is 69.0 Å². The van der Waals surface area contributed by atoms with E-state index in [9.17, 15) is 4.79 Å². The molecule has 4 rings (SSSR count). The summed E-state index contributed by atoms with van der Waals surface area (Å²) in [7, 11) is 0.